The van der Waals surface area contributed by atoms with Crippen molar-refractivity contribution in [1.82, 2.24) is 0 Å². The zero-order valence-corrected chi connectivity index (χ0v) is 16.2. The van der Waals surface area contributed by atoms with Crippen LogP contribution in [0.5, 0.6) is 5.75 Å². The lowest BCUT2D eigenvalue weighted by atomic mass is 9.98. The number of hydrogen-bond donors (Lipinski definition) is 0. The first kappa shape index (κ1) is 18.9. The van der Waals surface area contributed by atoms with E-state index in [4.69, 9.17) is 9.15 Å². The van der Waals surface area contributed by atoms with E-state index in [1.807, 2.05) is 36.4 Å². The van der Waals surface area contributed by atoms with Crippen molar-refractivity contribution in [3.8, 4) is 16.9 Å². The summed E-state index contributed by atoms with van der Waals surface area (Å²) in [7, 11) is 0. The molecule has 4 heteroatoms. The Morgan fingerprint density at radius 2 is 1.69 bits per heavy atom. The maximum Gasteiger partial charge on any atom is 0.336 e. The van der Waals surface area contributed by atoms with Crippen LogP contribution in [0.2, 0.25) is 0 Å². The number of fused-ring (bicyclic) bond motifs is 1. The van der Waals surface area contributed by atoms with Crippen molar-refractivity contribution in [2.75, 3.05) is 0 Å². The second kappa shape index (κ2) is 8.31. The molecule has 0 saturated carbocycles. The molecule has 4 rings (SSSR count). The quantitative estimate of drug-likeness (QED) is 0.373. The summed E-state index contributed by atoms with van der Waals surface area (Å²) in [5.74, 6) is 0.305. The molecule has 0 aliphatic carbocycles. The minimum atomic E-state index is -0.417. The molecule has 0 radical (unpaired) electrons. The van der Waals surface area contributed by atoms with E-state index in [0.717, 1.165) is 34.9 Å². The number of halogens is 1. The minimum Gasteiger partial charge on any atom is -0.488 e. The van der Waals surface area contributed by atoms with Gasteiger partial charge in [-0.2, -0.15) is 0 Å². The van der Waals surface area contributed by atoms with Gasteiger partial charge in [-0.15, -0.1) is 0 Å². The Labute approximate surface area is 168 Å². The van der Waals surface area contributed by atoms with Crippen LogP contribution in [0.4, 0.5) is 4.39 Å². The number of aryl methyl sites for hydroxylation is 1. The van der Waals surface area contributed by atoms with Crippen LogP contribution in [0.1, 0.15) is 24.5 Å². The fraction of sp³-hybridized carbons (Fsp3) is 0.160. The highest BCUT2D eigenvalue weighted by molar-refractivity contribution is 5.94. The molecule has 0 amide bonds. The van der Waals surface area contributed by atoms with Gasteiger partial charge in [0.25, 0.3) is 0 Å². The largest absolute Gasteiger partial charge is 0.488 e. The lowest BCUT2D eigenvalue weighted by Gasteiger charge is -2.14. The Morgan fingerprint density at radius 1 is 0.931 bits per heavy atom. The third-order valence-corrected chi connectivity index (χ3v) is 4.87. The first-order valence-corrected chi connectivity index (χ1v) is 9.68. The van der Waals surface area contributed by atoms with E-state index in [1.54, 1.807) is 24.3 Å². The summed E-state index contributed by atoms with van der Waals surface area (Å²) in [4.78, 5) is 12.2. The fourth-order valence-corrected chi connectivity index (χ4v) is 3.46. The second-order valence-electron chi connectivity index (χ2n) is 6.93. The van der Waals surface area contributed by atoms with Crippen molar-refractivity contribution < 1.29 is 13.5 Å². The van der Waals surface area contributed by atoms with E-state index in [-0.39, 0.29) is 12.4 Å². The van der Waals surface area contributed by atoms with Crippen LogP contribution < -0.4 is 10.4 Å². The van der Waals surface area contributed by atoms with E-state index < -0.39 is 5.63 Å². The molecule has 0 fully saturated rings. The molecular weight excluding hydrogens is 367 g/mol. The van der Waals surface area contributed by atoms with Gasteiger partial charge in [-0.3, -0.25) is 0 Å². The second-order valence-corrected chi connectivity index (χ2v) is 6.93. The van der Waals surface area contributed by atoms with E-state index in [2.05, 4.69) is 6.92 Å². The molecule has 29 heavy (non-hydrogen) atoms. The first-order valence-electron chi connectivity index (χ1n) is 9.68. The summed E-state index contributed by atoms with van der Waals surface area (Å²) in [6, 6.07) is 21.6. The lowest BCUT2D eigenvalue weighted by molar-refractivity contribution is 0.296. The van der Waals surface area contributed by atoms with Crippen LogP contribution in [0.3, 0.4) is 0 Å². The predicted octanol–water partition coefficient (Wildman–Crippen LogP) is 6.13. The van der Waals surface area contributed by atoms with Gasteiger partial charge in [0.05, 0.1) is 0 Å². The molecule has 146 valence electrons. The number of hydrogen-bond acceptors (Lipinski definition) is 3. The van der Waals surface area contributed by atoms with E-state index >= 15 is 0 Å². The van der Waals surface area contributed by atoms with Crippen molar-refractivity contribution in [2.24, 2.45) is 0 Å². The highest BCUT2D eigenvalue weighted by atomic mass is 19.1. The molecule has 0 aliphatic rings. The van der Waals surface area contributed by atoms with Gasteiger partial charge in [-0.25, -0.2) is 9.18 Å². The van der Waals surface area contributed by atoms with Gasteiger partial charge < -0.3 is 9.15 Å². The summed E-state index contributed by atoms with van der Waals surface area (Å²) < 4.78 is 25.4. The van der Waals surface area contributed by atoms with Gasteiger partial charge in [0.2, 0.25) is 0 Å². The fourth-order valence-electron chi connectivity index (χ4n) is 3.46. The summed E-state index contributed by atoms with van der Waals surface area (Å²) in [5.41, 5.74) is 3.30. The van der Waals surface area contributed by atoms with E-state index in [1.165, 1.54) is 12.1 Å². The van der Waals surface area contributed by atoms with Crippen molar-refractivity contribution in [3.05, 3.63) is 100 Å². The SMILES string of the molecule is CCCc1cc2c(-c3ccccc3)cc(=O)oc2cc1OCc1ccccc1F. The number of benzene rings is 3. The molecule has 0 spiro atoms. The van der Waals surface area contributed by atoms with Crippen LogP contribution in [-0.4, -0.2) is 0 Å². The zero-order chi connectivity index (χ0) is 20.2. The molecule has 0 bridgehead atoms. The molecule has 4 aromatic rings. The van der Waals surface area contributed by atoms with Gasteiger partial charge in [0, 0.05) is 23.1 Å². The van der Waals surface area contributed by atoms with Crippen LogP contribution >= 0.6 is 0 Å². The summed E-state index contributed by atoms with van der Waals surface area (Å²) in [6.07, 6.45) is 1.73. The summed E-state index contributed by atoms with van der Waals surface area (Å²) in [6.45, 7) is 2.20. The topological polar surface area (TPSA) is 39.4 Å². The molecule has 3 nitrogen and oxygen atoms in total. The van der Waals surface area contributed by atoms with E-state index in [9.17, 15) is 9.18 Å². The molecule has 3 aromatic carbocycles. The molecule has 1 heterocycles. The van der Waals surface area contributed by atoms with Crippen molar-refractivity contribution in [3.63, 3.8) is 0 Å². The molecule has 0 aliphatic heterocycles. The molecular formula is C25H21FO3. The van der Waals surface area contributed by atoms with E-state index in [0.29, 0.717) is 16.9 Å². The van der Waals surface area contributed by atoms with Crippen LogP contribution in [0.25, 0.3) is 22.1 Å². The third kappa shape index (κ3) is 4.06. The minimum absolute atomic E-state index is 0.109. The standard InChI is InChI=1S/C25H21FO3/c1-2-8-18-13-21-20(17-9-4-3-5-10-17)14-25(27)29-24(21)15-23(18)28-16-19-11-6-7-12-22(19)26/h3-7,9-15H,2,8,16H2,1H3. The Morgan fingerprint density at radius 3 is 2.45 bits per heavy atom. The Kier molecular flexibility index (Phi) is 5.43. The Bertz CT molecular complexity index is 1200. The average Bonchev–Trinajstić information content (AvgIpc) is 2.74. The lowest BCUT2D eigenvalue weighted by Crippen LogP contribution is -2.03. The van der Waals surface area contributed by atoms with Crippen LogP contribution in [-0.2, 0) is 13.0 Å². The highest BCUT2D eigenvalue weighted by Gasteiger charge is 2.14. The zero-order valence-electron chi connectivity index (χ0n) is 16.2. The van der Waals surface area contributed by atoms with Crippen LogP contribution in [0.15, 0.2) is 82.0 Å². The molecule has 0 saturated heterocycles. The van der Waals surface area contributed by atoms with Crippen LogP contribution in [0, 0.1) is 5.82 Å². The summed E-state index contributed by atoms with van der Waals surface area (Å²) in [5, 5.41) is 0.859. The third-order valence-electron chi connectivity index (χ3n) is 4.87. The van der Waals surface area contributed by atoms with Gasteiger partial charge in [-0.05, 0) is 35.2 Å². The average molecular weight is 388 g/mol. The van der Waals surface area contributed by atoms with Gasteiger partial charge in [0.1, 0.15) is 23.8 Å². The van der Waals surface area contributed by atoms with Gasteiger partial charge in [-0.1, -0.05) is 61.9 Å². The van der Waals surface area contributed by atoms with Crippen molar-refractivity contribution >= 4 is 11.0 Å². The van der Waals surface area contributed by atoms with Crippen molar-refractivity contribution in [2.45, 2.75) is 26.4 Å². The maximum absolute atomic E-state index is 13.9. The normalized spacial score (nSPS) is 11.0. The van der Waals surface area contributed by atoms with Gasteiger partial charge in [0.15, 0.2) is 0 Å². The Balaban J connectivity index is 1.80. The maximum atomic E-state index is 13.9. The first-order chi connectivity index (χ1) is 14.2. The van der Waals surface area contributed by atoms with Gasteiger partial charge >= 0.3 is 5.63 Å². The predicted molar refractivity (Wildman–Crippen MR) is 113 cm³/mol. The Hall–Kier alpha value is -3.40. The smallest absolute Gasteiger partial charge is 0.336 e. The highest BCUT2D eigenvalue weighted by Crippen LogP contribution is 2.33. The molecule has 1 aromatic heterocycles. The molecule has 0 unspecified atom stereocenters. The monoisotopic (exact) mass is 388 g/mol. The number of rotatable bonds is 6. The molecule has 0 N–H and O–H groups in total. The number of ether oxygens (including phenoxy) is 1. The molecule has 0 atom stereocenters. The summed E-state index contributed by atoms with van der Waals surface area (Å²) >= 11 is 0. The van der Waals surface area contributed by atoms with Crippen molar-refractivity contribution in [1.29, 1.82) is 0 Å².